The third kappa shape index (κ3) is 7.87. The van der Waals surface area contributed by atoms with E-state index in [0.717, 1.165) is 62.3 Å². The van der Waals surface area contributed by atoms with Gasteiger partial charge < -0.3 is 24.6 Å². The maximum atomic E-state index is 11.4. The third-order valence-electron chi connectivity index (χ3n) is 5.07. The molecular formula is C22H33N3O4. The summed E-state index contributed by atoms with van der Waals surface area (Å²) in [5.74, 6) is 0.136. The standard InChI is InChI=1S/C20H26N2O4.C2H7N/c1-21(20(15-26)3-2-10-23)12-18-11-19(5-4-17(18)14-25)22-8-6-16(13-24)7-9-22;1-3-2/h4-5,10-11,13-16,20H,2-3,6-9,12H2,1H3;3H,1-2H3. The second kappa shape index (κ2) is 13.7. The molecule has 2 rings (SSSR count). The Kier molecular flexibility index (Phi) is 11.7. The highest BCUT2D eigenvalue weighted by Crippen LogP contribution is 2.25. The maximum absolute atomic E-state index is 11.4. The van der Waals surface area contributed by atoms with Crippen LogP contribution in [0.15, 0.2) is 18.2 Å². The Labute approximate surface area is 173 Å². The minimum absolute atomic E-state index is 0.136. The fraction of sp³-hybridized carbons (Fsp3) is 0.545. The summed E-state index contributed by atoms with van der Waals surface area (Å²) in [4.78, 5) is 48.3. The number of aldehydes is 4. The average molecular weight is 404 g/mol. The molecule has 1 fully saturated rings. The summed E-state index contributed by atoms with van der Waals surface area (Å²) < 4.78 is 0. The SMILES string of the molecule is CN(Cc1cc(N2CCC(C=O)CC2)ccc1C=O)C(C=O)CCC=O.CNC. The summed E-state index contributed by atoms with van der Waals surface area (Å²) >= 11 is 0. The van der Waals surface area contributed by atoms with E-state index in [1.165, 1.54) is 0 Å². The van der Waals surface area contributed by atoms with Gasteiger partial charge in [0.15, 0.2) is 0 Å². The smallest absolute Gasteiger partial charge is 0.150 e. The van der Waals surface area contributed by atoms with Gasteiger partial charge in [-0.15, -0.1) is 0 Å². The van der Waals surface area contributed by atoms with Gasteiger partial charge >= 0.3 is 0 Å². The molecule has 1 heterocycles. The molecule has 0 saturated carbocycles. The van der Waals surface area contributed by atoms with Crippen molar-refractivity contribution in [2.45, 2.75) is 38.3 Å². The molecule has 0 bridgehead atoms. The van der Waals surface area contributed by atoms with Gasteiger partial charge in [0.05, 0.1) is 6.04 Å². The van der Waals surface area contributed by atoms with Gasteiger partial charge in [0.2, 0.25) is 0 Å². The second-order valence-electron chi connectivity index (χ2n) is 7.32. The Hall–Kier alpha value is -2.38. The zero-order valence-electron chi connectivity index (χ0n) is 17.7. The van der Waals surface area contributed by atoms with Crippen LogP contribution in [0.5, 0.6) is 0 Å². The van der Waals surface area contributed by atoms with Crippen molar-refractivity contribution >= 4 is 30.8 Å². The van der Waals surface area contributed by atoms with Crippen molar-refractivity contribution in [2.75, 3.05) is 39.1 Å². The minimum Gasteiger partial charge on any atom is -0.371 e. The molecule has 1 atom stereocenters. The lowest BCUT2D eigenvalue weighted by Crippen LogP contribution is -2.35. The largest absolute Gasteiger partial charge is 0.371 e. The number of anilines is 1. The van der Waals surface area contributed by atoms with Gasteiger partial charge in [0, 0.05) is 43.2 Å². The van der Waals surface area contributed by atoms with Crippen LogP contribution < -0.4 is 10.2 Å². The molecule has 1 aromatic carbocycles. The summed E-state index contributed by atoms with van der Waals surface area (Å²) in [6.07, 6.45) is 6.00. The van der Waals surface area contributed by atoms with E-state index in [9.17, 15) is 19.2 Å². The monoisotopic (exact) mass is 403 g/mol. The molecule has 1 aromatic rings. The molecule has 0 spiro atoms. The Bertz CT molecular complexity index is 657. The summed E-state index contributed by atoms with van der Waals surface area (Å²) in [5, 5.41) is 2.75. The van der Waals surface area contributed by atoms with E-state index in [2.05, 4.69) is 10.2 Å². The summed E-state index contributed by atoms with van der Waals surface area (Å²) in [5.41, 5.74) is 2.48. The first-order valence-corrected chi connectivity index (χ1v) is 10.0. The molecule has 0 aliphatic carbocycles. The van der Waals surface area contributed by atoms with Crippen molar-refractivity contribution < 1.29 is 19.2 Å². The lowest BCUT2D eigenvalue weighted by molar-refractivity contribution is -0.113. The highest BCUT2D eigenvalue weighted by atomic mass is 16.1. The summed E-state index contributed by atoms with van der Waals surface area (Å²) in [7, 11) is 5.57. The number of hydrogen-bond donors (Lipinski definition) is 1. The Balaban J connectivity index is 0.00000132. The molecule has 0 aromatic heterocycles. The number of benzene rings is 1. The first kappa shape index (κ1) is 24.7. The Morgan fingerprint density at radius 1 is 1.17 bits per heavy atom. The molecule has 1 aliphatic rings. The first-order chi connectivity index (χ1) is 14.0. The van der Waals surface area contributed by atoms with Gasteiger partial charge in [-0.25, -0.2) is 0 Å². The molecular weight excluding hydrogens is 370 g/mol. The number of nitrogens with zero attached hydrogens (tertiary/aromatic N) is 2. The van der Waals surface area contributed by atoms with Crippen molar-refractivity contribution in [1.29, 1.82) is 0 Å². The maximum Gasteiger partial charge on any atom is 0.150 e. The molecule has 0 amide bonds. The molecule has 1 aliphatic heterocycles. The second-order valence-corrected chi connectivity index (χ2v) is 7.32. The molecule has 1 unspecified atom stereocenters. The quantitative estimate of drug-likeness (QED) is 0.595. The molecule has 1 N–H and O–H groups in total. The van der Waals surface area contributed by atoms with Crippen LogP contribution in [-0.4, -0.2) is 70.3 Å². The van der Waals surface area contributed by atoms with E-state index in [1.807, 2.05) is 38.2 Å². The number of carbonyl (C=O) groups is 4. The van der Waals surface area contributed by atoms with Crippen LogP contribution in [0.4, 0.5) is 5.69 Å². The van der Waals surface area contributed by atoms with Crippen molar-refractivity contribution in [3.8, 4) is 0 Å². The van der Waals surface area contributed by atoms with Crippen LogP contribution in [0.1, 0.15) is 41.6 Å². The summed E-state index contributed by atoms with van der Waals surface area (Å²) in [6.45, 7) is 2.08. The van der Waals surface area contributed by atoms with Gasteiger partial charge in [-0.05, 0) is 64.2 Å². The van der Waals surface area contributed by atoms with E-state index in [4.69, 9.17) is 0 Å². The van der Waals surface area contributed by atoms with E-state index in [0.29, 0.717) is 24.9 Å². The van der Waals surface area contributed by atoms with Crippen molar-refractivity contribution in [3.63, 3.8) is 0 Å². The fourth-order valence-corrected chi connectivity index (χ4v) is 3.35. The highest BCUT2D eigenvalue weighted by molar-refractivity contribution is 5.78. The van der Waals surface area contributed by atoms with Gasteiger partial charge in [-0.2, -0.15) is 0 Å². The van der Waals surface area contributed by atoms with E-state index in [-0.39, 0.29) is 12.0 Å². The van der Waals surface area contributed by atoms with Crippen LogP contribution >= 0.6 is 0 Å². The molecule has 7 heteroatoms. The van der Waals surface area contributed by atoms with Gasteiger partial charge in [-0.3, -0.25) is 9.69 Å². The highest BCUT2D eigenvalue weighted by Gasteiger charge is 2.20. The van der Waals surface area contributed by atoms with Crippen LogP contribution in [0, 0.1) is 5.92 Å². The predicted octanol–water partition coefficient (Wildman–Crippen LogP) is 1.73. The van der Waals surface area contributed by atoms with Crippen LogP contribution in [0.25, 0.3) is 0 Å². The molecule has 1 saturated heterocycles. The molecule has 160 valence electrons. The minimum atomic E-state index is -0.355. The number of nitrogens with one attached hydrogen (secondary N) is 1. The zero-order valence-corrected chi connectivity index (χ0v) is 17.7. The average Bonchev–Trinajstić information content (AvgIpc) is 2.75. The van der Waals surface area contributed by atoms with Crippen LogP contribution in [-0.2, 0) is 20.9 Å². The van der Waals surface area contributed by atoms with E-state index >= 15 is 0 Å². The number of likely N-dealkylation sites (N-methyl/N-ethyl adjacent to an activating group) is 1. The van der Waals surface area contributed by atoms with Crippen molar-refractivity contribution in [1.82, 2.24) is 10.2 Å². The topological polar surface area (TPSA) is 86.8 Å². The number of piperidine rings is 1. The molecule has 7 nitrogen and oxygen atoms in total. The van der Waals surface area contributed by atoms with Crippen LogP contribution in [0.3, 0.4) is 0 Å². The number of hydrogen-bond acceptors (Lipinski definition) is 7. The van der Waals surface area contributed by atoms with Gasteiger partial charge in [-0.1, -0.05) is 0 Å². The zero-order chi connectivity index (χ0) is 21.6. The third-order valence-corrected chi connectivity index (χ3v) is 5.07. The van der Waals surface area contributed by atoms with Crippen LogP contribution in [0.2, 0.25) is 0 Å². The fourth-order valence-electron chi connectivity index (χ4n) is 3.35. The van der Waals surface area contributed by atoms with Crippen molar-refractivity contribution in [2.24, 2.45) is 5.92 Å². The number of carbonyl (C=O) groups excluding carboxylic acids is 4. The first-order valence-electron chi connectivity index (χ1n) is 10.0. The van der Waals surface area contributed by atoms with Gasteiger partial charge in [0.1, 0.15) is 25.1 Å². The van der Waals surface area contributed by atoms with Gasteiger partial charge in [0.25, 0.3) is 0 Å². The lowest BCUT2D eigenvalue weighted by atomic mass is 9.97. The summed E-state index contributed by atoms with van der Waals surface area (Å²) in [6, 6.07) is 5.37. The predicted molar refractivity (Wildman–Crippen MR) is 114 cm³/mol. The Morgan fingerprint density at radius 3 is 2.34 bits per heavy atom. The molecule has 0 radical (unpaired) electrons. The van der Waals surface area contributed by atoms with Crippen molar-refractivity contribution in [3.05, 3.63) is 29.3 Å². The normalized spacial score (nSPS) is 15.2. The number of rotatable bonds is 10. The Morgan fingerprint density at radius 2 is 1.83 bits per heavy atom. The van der Waals surface area contributed by atoms with E-state index in [1.54, 1.807) is 6.07 Å². The lowest BCUT2D eigenvalue weighted by Gasteiger charge is -2.32. The van der Waals surface area contributed by atoms with E-state index < -0.39 is 0 Å². The molecule has 29 heavy (non-hydrogen) atoms.